The van der Waals surface area contributed by atoms with Gasteiger partial charge >= 0.3 is 25.8 Å². The summed E-state index contributed by atoms with van der Waals surface area (Å²) < 4.78 is 5.15. The van der Waals surface area contributed by atoms with Crippen molar-refractivity contribution < 1.29 is 84.5 Å². The molecule has 0 aromatic heterocycles. The Labute approximate surface area is 290 Å². The van der Waals surface area contributed by atoms with Gasteiger partial charge in [0, 0.05) is 6.61 Å². The normalized spacial score (nSPS) is 11.2. The molecule has 0 atom stereocenters. The number of rotatable bonds is 26. The van der Waals surface area contributed by atoms with E-state index in [0.717, 1.165) is 6.42 Å². The number of hydrogen-bond donors (Lipinski definition) is 16. The van der Waals surface area contributed by atoms with E-state index in [1.165, 1.54) is 96.3 Å². The number of aliphatic hydroxyl groups excluding tert-OH is 7. The Morgan fingerprint density at radius 2 is 0.542 bits per heavy atom. The van der Waals surface area contributed by atoms with E-state index in [1.54, 1.807) is 0 Å². The predicted molar refractivity (Wildman–Crippen MR) is 186 cm³/mol. The van der Waals surface area contributed by atoms with Crippen LogP contribution in [0.15, 0.2) is 0 Å². The topological polar surface area (TPSA) is 333 Å². The number of ether oxygens (including phenoxy) is 1. The number of unbranched alkanes of at least 4 members (excludes halogenated alkanes) is 15. The average Bonchev–Trinajstić information content (AvgIpc) is 3.03. The standard InChI is InChI=1S/C18H38O.C10H22O7.3H3O3P/c1-2-3-4-5-6-7-8-9-10-11-12-13-14-15-16-17-18-19;11-1-9(2-12,3-13)7-17-8-10(4-14,5-15)6-16;3*1-4(2)3/h19H,2-18H2,1H3;11-16H,1-8H2;3*1-3H. The van der Waals surface area contributed by atoms with Gasteiger partial charge in [-0.05, 0) is 6.42 Å². The Bertz CT molecular complexity index is 488. The molecule has 0 amide bonds. The van der Waals surface area contributed by atoms with Gasteiger partial charge < -0.3 is 84.5 Å². The highest BCUT2D eigenvalue weighted by atomic mass is 31.2. The van der Waals surface area contributed by atoms with E-state index in [1.807, 2.05) is 0 Å². The van der Waals surface area contributed by atoms with Gasteiger partial charge in [0.1, 0.15) is 0 Å². The van der Waals surface area contributed by atoms with Crippen molar-refractivity contribution in [3.05, 3.63) is 0 Å². The maximum Gasteiger partial charge on any atom is 0.324 e. The Balaban J connectivity index is -0.000000192. The second kappa shape index (κ2) is 45.6. The van der Waals surface area contributed by atoms with Crippen LogP contribution in [-0.2, 0) is 4.74 Å². The first-order valence-corrected chi connectivity index (χ1v) is 19.7. The minimum atomic E-state index is -2.62. The van der Waals surface area contributed by atoms with Gasteiger partial charge in [0.05, 0.1) is 63.7 Å². The monoisotopic (exact) mass is 770 g/mol. The van der Waals surface area contributed by atoms with Crippen LogP contribution in [0.5, 0.6) is 0 Å². The molecule has 17 nitrogen and oxygen atoms in total. The van der Waals surface area contributed by atoms with E-state index in [9.17, 15) is 0 Å². The summed E-state index contributed by atoms with van der Waals surface area (Å²) in [6.45, 7) is -0.347. The van der Waals surface area contributed by atoms with Crippen molar-refractivity contribution in [2.24, 2.45) is 10.8 Å². The van der Waals surface area contributed by atoms with Gasteiger partial charge in [-0.2, -0.15) is 0 Å². The van der Waals surface area contributed by atoms with Crippen molar-refractivity contribution in [3.8, 4) is 0 Å². The summed E-state index contributed by atoms with van der Waals surface area (Å²) in [5.41, 5.74) is -2.32. The van der Waals surface area contributed by atoms with E-state index in [4.69, 9.17) is 84.5 Å². The van der Waals surface area contributed by atoms with Crippen LogP contribution >= 0.6 is 25.8 Å². The highest BCUT2D eigenvalue weighted by Gasteiger charge is 2.32. The predicted octanol–water partition coefficient (Wildman–Crippen LogP) is 0.740. The van der Waals surface area contributed by atoms with E-state index < -0.39 is 76.3 Å². The highest BCUT2D eigenvalue weighted by molar-refractivity contribution is 7.38. The zero-order chi connectivity index (χ0) is 38.1. The molecule has 0 saturated carbocycles. The van der Waals surface area contributed by atoms with E-state index >= 15 is 0 Å². The first-order chi connectivity index (χ1) is 22.7. The molecular formula is C28H69O17P3. The highest BCUT2D eigenvalue weighted by Crippen LogP contribution is 2.20. The molecule has 0 rings (SSSR count). The first kappa shape index (κ1) is 57.9. The number of aliphatic hydroxyl groups is 7. The minimum Gasteiger partial charge on any atom is -0.396 e. The minimum absolute atomic E-state index is 0.141. The van der Waals surface area contributed by atoms with Crippen LogP contribution < -0.4 is 0 Å². The van der Waals surface area contributed by atoms with E-state index in [0.29, 0.717) is 6.61 Å². The molecular weight excluding hydrogens is 701 g/mol. The van der Waals surface area contributed by atoms with Crippen molar-refractivity contribution in [3.63, 3.8) is 0 Å². The summed E-state index contributed by atoms with van der Waals surface area (Å²) >= 11 is 0. The molecule has 20 heteroatoms. The Morgan fingerprint density at radius 1 is 0.354 bits per heavy atom. The third kappa shape index (κ3) is 53.4. The first-order valence-electron chi connectivity index (χ1n) is 16.1. The molecule has 0 aliphatic carbocycles. The summed E-state index contributed by atoms with van der Waals surface area (Å²) in [6, 6.07) is 0. The second-order valence-electron chi connectivity index (χ2n) is 11.3. The molecule has 0 aromatic carbocycles. The molecule has 298 valence electrons. The molecule has 0 heterocycles. The van der Waals surface area contributed by atoms with Gasteiger partial charge in [0.25, 0.3) is 0 Å². The molecule has 0 aromatic rings. The van der Waals surface area contributed by atoms with Crippen LogP contribution in [0.3, 0.4) is 0 Å². The maximum absolute atomic E-state index is 9.03. The fourth-order valence-electron chi connectivity index (χ4n) is 3.72. The fourth-order valence-corrected chi connectivity index (χ4v) is 3.72. The molecule has 0 spiro atoms. The smallest absolute Gasteiger partial charge is 0.324 e. The van der Waals surface area contributed by atoms with Gasteiger partial charge in [0.15, 0.2) is 0 Å². The molecule has 0 saturated heterocycles. The summed E-state index contributed by atoms with van der Waals surface area (Å²) in [7, 11) is -7.86. The van der Waals surface area contributed by atoms with Gasteiger partial charge in [-0.15, -0.1) is 0 Å². The lowest BCUT2D eigenvalue weighted by molar-refractivity contribution is -0.103. The summed E-state index contributed by atoms with van der Waals surface area (Å²) in [4.78, 5) is 65.1. The SMILES string of the molecule is CCCCCCCCCCCCCCCCCCO.OCC(CO)(CO)COCC(CO)(CO)CO.OP(O)O.OP(O)O.OP(O)O. The van der Waals surface area contributed by atoms with Gasteiger partial charge in [-0.3, -0.25) is 0 Å². The van der Waals surface area contributed by atoms with Crippen LogP contribution in [0.4, 0.5) is 0 Å². The molecule has 0 bridgehead atoms. The summed E-state index contributed by atoms with van der Waals surface area (Å²) in [5.74, 6) is 0. The molecule has 0 radical (unpaired) electrons. The quantitative estimate of drug-likeness (QED) is 0.0426. The molecule has 16 N–H and O–H groups in total. The third-order valence-electron chi connectivity index (χ3n) is 6.84. The lowest BCUT2D eigenvalue weighted by Crippen LogP contribution is -2.43. The van der Waals surface area contributed by atoms with Crippen LogP contribution in [0.25, 0.3) is 0 Å². The zero-order valence-electron chi connectivity index (χ0n) is 28.6. The van der Waals surface area contributed by atoms with Crippen molar-refractivity contribution in [2.45, 2.75) is 110 Å². The number of hydrogen-bond acceptors (Lipinski definition) is 17. The molecule has 0 aliphatic rings. The molecule has 0 aliphatic heterocycles. The van der Waals surface area contributed by atoms with Crippen LogP contribution in [0.1, 0.15) is 110 Å². The third-order valence-corrected chi connectivity index (χ3v) is 6.84. The molecule has 0 fully saturated rings. The lowest BCUT2D eigenvalue weighted by Gasteiger charge is -2.31. The van der Waals surface area contributed by atoms with Gasteiger partial charge in [0.2, 0.25) is 0 Å². The molecule has 0 unspecified atom stereocenters. The van der Waals surface area contributed by atoms with Crippen molar-refractivity contribution in [1.82, 2.24) is 0 Å². The van der Waals surface area contributed by atoms with Crippen molar-refractivity contribution in [1.29, 1.82) is 0 Å². The van der Waals surface area contributed by atoms with Gasteiger partial charge in [-0.1, -0.05) is 103 Å². The van der Waals surface area contributed by atoms with Crippen LogP contribution in [-0.4, -0.2) is 139 Å². The second-order valence-corrected chi connectivity index (χ2v) is 12.9. The largest absolute Gasteiger partial charge is 0.396 e. The maximum atomic E-state index is 9.03. The van der Waals surface area contributed by atoms with E-state index in [2.05, 4.69) is 6.92 Å². The zero-order valence-corrected chi connectivity index (χ0v) is 31.3. The van der Waals surface area contributed by atoms with Crippen LogP contribution in [0.2, 0.25) is 0 Å². The fraction of sp³-hybridized carbons (Fsp3) is 1.00. The summed E-state index contributed by atoms with van der Waals surface area (Å²) in [6.07, 6.45) is 22.2. The van der Waals surface area contributed by atoms with E-state index in [-0.39, 0.29) is 13.2 Å². The van der Waals surface area contributed by atoms with Crippen molar-refractivity contribution >= 4 is 25.8 Å². The Hall–Kier alpha value is 0.610. The average molecular weight is 771 g/mol. The van der Waals surface area contributed by atoms with Crippen LogP contribution in [0, 0.1) is 10.8 Å². The van der Waals surface area contributed by atoms with Crippen molar-refractivity contribution in [2.75, 3.05) is 59.5 Å². The lowest BCUT2D eigenvalue weighted by atomic mass is 9.91. The Kier molecular flexibility index (Phi) is 55.1. The van der Waals surface area contributed by atoms with Gasteiger partial charge in [-0.25, -0.2) is 0 Å². The Morgan fingerprint density at radius 3 is 0.708 bits per heavy atom. The molecule has 48 heavy (non-hydrogen) atoms. The summed E-state index contributed by atoms with van der Waals surface area (Å²) in [5, 5.41) is 62.8.